The monoisotopic (exact) mass is 555 g/mol. The van der Waals surface area contributed by atoms with Gasteiger partial charge in [-0.3, -0.25) is 14.5 Å². The van der Waals surface area contributed by atoms with Gasteiger partial charge in [0, 0.05) is 0 Å². The average molecular weight is 556 g/mol. The van der Waals surface area contributed by atoms with Crippen LogP contribution in [0.25, 0.3) is 0 Å². The molecule has 0 atom stereocenters. The third-order valence-corrected chi connectivity index (χ3v) is 4.92. The van der Waals surface area contributed by atoms with Crippen molar-refractivity contribution in [1.29, 1.82) is 0 Å². The van der Waals surface area contributed by atoms with Gasteiger partial charge in [-0.15, -0.1) is 0 Å². The Morgan fingerprint density at radius 2 is 0.795 bits per heavy atom. The van der Waals surface area contributed by atoms with E-state index in [0.717, 1.165) is 0 Å². The van der Waals surface area contributed by atoms with Crippen molar-refractivity contribution < 1.29 is 28.9 Å². The molecule has 0 unspecified atom stereocenters. The predicted octanol–water partition coefficient (Wildman–Crippen LogP) is 0.581. The van der Waals surface area contributed by atoms with Crippen LogP contribution in [-0.2, 0) is 34.5 Å². The molecule has 0 aromatic carbocycles. The number of nitrogens with one attached hydrogen (secondary N) is 3. The fourth-order valence-electron chi connectivity index (χ4n) is 2.17. The molecule has 0 saturated carbocycles. The molecule has 1 aromatic rings. The molecule has 0 spiro atoms. The number of nitrogens with zero attached hydrogens (tertiary/aromatic N) is 6. The van der Waals surface area contributed by atoms with Crippen LogP contribution in [0.5, 0.6) is 0 Å². The first-order valence-corrected chi connectivity index (χ1v) is 11.8. The van der Waals surface area contributed by atoms with Gasteiger partial charge >= 0.3 is 35.3 Å². The van der Waals surface area contributed by atoms with Gasteiger partial charge in [0.1, 0.15) is 20.0 Å². The maximum Gasteiger partial charge on any atom is 0.434 e. The molecular formula is C21H33N9O9. The number of carbonyl (C=O) groups excluding carboxylic acids is 3. The molecule has 0 aliphatic rings. The van der Waals surface area contributed by atoms with E-state index in [0.29, 0.717) is 50.1 Å². The highest BCUT2D eigenvalue weighted by atomic mass is 16.7. The largest absolute Gasteiger partial charge is 0.434 e. The van der Waals surface area contributed by atoms with Crippen LogP contribution in [0.1, 0.15) is 60.8 Å². The molecule has 0 radical (unpaired) electrons. The Bertz CT molecular complexity index is 1120. The van der Waals surface area contributed by atoms with Gasteiger partial charge in [-0.25, -0.2) is 42.5 Å². The zero-order chi connectivity index (χ0) is 29.5. The van der Waals surface area contributed by atoms with Crippen molar-refractivity contribution in [1.82, 2.24) is 29.7 Å². The van der Waals surface area contributed by atoms with Crippen LogP contribution in [0.3, 0.4) is 0 Å². The van der Waals surface area contributed by atoms with Crippen molar-refractivity contribution in [2.45, 2.75) is 80.8 Å². The van der Waals surface area contributed by atoms with E-state index in [1.807, 2.05) is 0 Å². The molecule has 3 amide bonds. The lowest BCUT2D eigenvalue weighted by Gasteiger charge is -2.14. The van der Waals surface area contributed by atoms with E-state index in [1.165, 1.54) is 0 Å². The zero-order valence-electron chi connectivity index (χ0n) is 22.6. The summed E-state index contributed by atoms with van der Waals surface area (Å²) >= 11 is 0. The van der Waals surface area contributed by atoms with Crippen molar-refractivity contribution in [3.8, 4) is 0 Å². The lowest BCUT2D eigenvalue weighted by Crippen LogP contribution is -2.58. The van der Waals surface area contributed by atoms with Crippen molar-refractivity contribution in [2.75, 3.05) is 0 Å². The van der Waals surface area contributed by atoms with E-state index in [4.69, 9.17) is 0 Å². The molecule has 216 valence electrons. The lowest BCUT2D eigenvalue weighted by atomic mass is 10.3. The highest BCUT2D eigenvalue weighted by molar-refractivity contribution is 5.82. The number of amides is 3. The quantitative estimate of drug-likeness (QED) is 0.186. The highest BCUT2D eigenvalue weighted by Crippen LogP contribution is 1.90. The minimum absolute atomic E-state index is 0.456. The second kappa shape index (κ2) is 16.2. The zero-order valence-corrected chi connectivity index (χ0v) is 22.6. The van der Waals surface area contributed by atoms with Gasteiger partial charge in [0.2, 0.25) is 0 Å². The number of oxime groups is 3. The van der Waals surface area contributed by atoms with Gasteiger partial charge in [0.15, 0.2) is 0 Å². The Morgan fingerprint density at radius 1 is 0.564 bits per heavy atom. The van der Waals surface area contributed by atoms with E-state index >= 15 is 0 Å². The number of hydrogen-bond donors (Lipinski definition) is 3. The van der Waals surface area contributed by atoms with Crippen LogP contribution < -0.4 is 33.0 Å². The summed E-state index contributed by atoms with van der Waals surface area (Å²) in [6.07, 6.45) is -1.72. The molecule has 39 heavy (non-hydrogen) atoms. The van der Waals surface area contributed by atoms with Crippen molar-refractivity contribution in [2.24, 2.45) is 15.5 Å². The Balaban J connectivity index is 3.28. The van der Waals surface area contributed by atoms with Gasteiger partial charge in [0.05, 0.1) is 17.1 Å². The normalized spacial score (nSPS) is 12.0. The maximum absolute atomic E-state index is 12.9. The fourth-order valence-corrected chi connectivity index (χ4v) is 2.17. The highest BCUT2D eigenvalue weighted by Gasteiger charge is 2.18. The molecule has 1 aromatic heterocycles. The van der Waals surface area contributed by atoms with Gasteiger partial charge in [-0.2, -0.15) is 0 Å². The van der Waals surface area contributed by atoms with E-state index < -0.39 is 55.4 Å². The standard InChI is InChI=1S/C21H33N9O9/c1-7-13(4)25-37-16(31)22-10-28-19(34)29(11-23-17(32)38-26-14(5)8-2)21(36)30(20(28)35)12-24-18(33)39-27-15(6)9-3/h7-12H2,1-6H3,(H,22,31)(H,23,32)(H,24,33)/b25-13+,26-14+,27-15+. The molecule has 0 aliphatic heterocycles. The van der Waals surface area contributed by atoms with Crippen LogP contribution >= 0.6 is 0 Å². The fraction of sp³-hybridized carbons (Fsp3) is 0.571. The summed E-state index contributed by atoms with van der Waals surface area (Å²) in [7, 11) is 0. The molecule has 0 bridgehead atoms. The molecule has 0 fully saturated rings. The summed E-state index contributed by atoms with van der Waals surface area (Å²) in [5.41, 5.74) is -2.08. The summed E-state index contributed by atoms with van der Waals surface area (Å²) in [6, 6.07) is 0. The summed E-state index contributed by atoms with van der Waals surface area (Å²) in [5, 5.41) is 17.1. The summed E-state index contributed by atoms with van der Waals surface area (Å²) in [5.74, 6) is 0. The summed E-state index contributed by atoms with van der Waals surface area (Å²) < 4.78 is 1.37. The molecule has 0 aliphatic carbocycles. The first-order valence-electron chi connectivity index (χ1n) is 11.8. The number of rotatable bonds is 12. The van der Waals surface area contributed by atoms with E-state index in [9.17, 15) is 28.8 Å². The van der Waals surface area contributed by atoms with E-state index in [1.54, 1.807) is 41.5 Å². The number of carbonyl (C=O) groups is 3. The summed E-state index contributed by atoms with van der Waals surface area (Å²) in [6.45, 7) is 7.98. The Hall–Kier alpha value is -4.77. The van der Waals surface area contributed by atoms with Crippen LogP contribution in [0.15, 0.2) is 29.9 Å². The predicted molar refractivity (Wildman–Crippen MR) is 138 cm³/mol. The summed E-state index contributed by atoms with van der Waals surface area (Å²) in [4.78, 5) is 88.4. The molecule has 18 heteroatoms. The molecule has 1 rings (SSSR count). The molecule has 0 saturated heterocycles. The van der Waals surface area contributed by atoms with Crippen LogP contribution in [0.4, 0.5) is 14.4 Å². The molecule has 3 N–H and O–H groups in total. The minimum Gasteiger partial charge on any atom is -0.301 e. The minimum atomic E-state index is -1.20. The van der Waals surface area contributed by atoms with Crippen LogP contribution in [0, 0.1) is 0 Å². The number of aromatic nitrogens is 3. The molecule has 18 nitrogen and oxygen atoms in total. The third kappa shape index (κ3) is 10.6. The van der Waals surface area contributed by atoms with Gasteiger partial charge in [0.25, 0.3) is 0 Å². The number of hydrogen-bond acceptors (Lipinski definition) is 12. The van der Waals surface area contributed by atoms with E-state index in [2.05, 4.69) is 45.9 Å². The Morgan fingerprint density at radius 3 is 1.00 bits per heavy atom. The van der Waals surface area contributed by atoms with Crippen LogP contribution in [-0.4, -0.2) is 49.1 Å². The maximum atomic E-state index is 12.9. The second-order valence-corrected chi connectivity index (χ2v) is 7.81. The Kier molecular flexibility index (Phi) is 13.4. The average Bonchev–Trinajstić information content (AvgIpc) is 2.92. The molecular weight excluding hydrogens is 522 g/mol. The van der Waals surface area contributed by atoms with E-state index in [-0.39, 0.29) is 0 Å². The first-order chi connectivity index (χ1) is 18.4. The van der Waals surface area contributed by atoms with Crippen molar-refractivity contribution in [3.63, 3.8) is 0 Å². The Labute approximate surface area is 222 Å². The third-order valence-electron chi connectivity index (χ3n) is 4.92. The van der Waals surface area contributed by atoms with Crippen LogP contribution in [0.2, 0.25) is 0 Å². The second-order valence-electron chi connectivity index (χ2n) is 7.81. The van der Waals surface area contributed by atoms with Gasteiger partial charge in [-0.05, 0) is 40.0 Å². The lowest BCUT2D eigenvalue weighted by molar-refractivity contribution is 0.145. The first kappa shape index (κ1) is 32.3. The topological polar surface area (TPSA) is 218 Å². The van der Waals surface area contributed by atoms with Gasteiger partial charge in [-0.1, -0.05) is 36.2 Å². The molecule has 1 heterocycles. The smallest absolute Gasteiger partial charge is 0.301 e. The van der Waals surface area contributed by atoms with Gasteiger partial charge < -0.3 is 16.0 Å². The van der Waals surface area contributed by atoms with Crippen molar-refractivity contribution >= 4 is 35.4 Å². The SMILES string of the molecule is CC/C(C)=N/OC(=O)NCn1c(=O)n(CNC(=O)O/N=C(\C)CC)c(=O)n(CNC(=O)O/N=C(\C)CC)c1=O. The van der Waals surface area contributed by atoms with Crippen molar-refractivity contribution in [3.05, 3.63) is 31.5 Å².